The van der Waals surface area contributed by atoms with Gasteiger partial charge in [-0.25, -0.2) is 14.2 Å². The predicted octanol–water partition coefficient (Wildman–Crippen LogP) is 3.76. The van der Waals surface area contributed by atoms with Crippen LogP contribution in [-0.4, -0.2) is 61.2 Å². The number of pyridine rings is 1. The first kappa shape index (κ1) is 22.3. The Labute approximate surface area is 196 Å². The average Bonchev–Trinajstić information content (AvgIpc) is 3.38. The molecule has 174 valence electrons. The van der Waals surface area contributed by atoms with E-state index in [9.17, 15) is 9.32 Å². The highest BCUT2D eigenvalue weighted by Crippen LogP contribution is 2.34. The van der Waals surface area contributed by atoms with E-state index in [1.54, 1.807) is 12.1 Å². The predicted molar refractivity (Wildman–Crippen MR) is 127 cm³/mol. The maximum atomic E-state index is 12.9. The van der Waals surface area contributed by atoms with Crippen molar-refractivity contribution in [2.45, 2.75) is 32.0 Å². The van der Waals surface area contributed by atoms with Gasteiger partial charge in [-0.3, -0.25) is 0 Å². The minimum Gasteiger partial charge on any atom is -0.468 e. The number of anilines is 2. The number of rotatable bonds is 5. The van der Waals surface area contributed by atoms with Crippen LogP contribution in [0.4, 0.5) is 17.2 Å². The third kappa shape index (κ3) is 4.74. The third-order valence-electron chi connectivity index (χ3n) is 5.71. The van der Waals surface area contributed by atoms with Crippen LogP contribution in [0.25, 0.3) is 10.9 Å². The molecule has 5 rings (SSSR count). The van der Waals surface area contributed by atoms with Crippen LogP contribution < -0.4 is 10.1 Å². The van der Waals surface area contributed by atoms with Gasteiger partial charge in [0.05, 0.1) is 34.1 Å². The number of aliphatic hydroxyl groups excluding tert-OH is 1. The summed E-state index contributed by atoms with van der Waals surface area (Å²) in [5, 5.41) is 14.4. The number of nitrogens with one attached hydrogen (secondary N) is 1. The van der Waals surface area contributed by atoms with Crippen LogP contribution in [0.5, 0.6) is 5.88 Å². The molecule has 1 aromatic carbocycles. The Balaban J connectivity index is 1.50. The van der Waals surface area contributed by atoms with Crippen molar-refractivity contribution in [1.82, 2.24) is 15.0 Å². The molecule has 2 aromatic heterocycles. The standard InChI is InChI=1S/C22H24ClN5O4S/c1-13-8-14(28-33(30)6-2-3-7-33)9-16-20(13)21(25-12-24-16)26-15-4-5-19(23)27-22(15)32-18-11-31-10-17(18)29/h4-5,8-9,12,17-18,29H,2-3,6-7,10-11H2,1H3,(H,24,25,26)/t17-,18-/m0/s1. The van der Waals surface area contributed by atoms with E-state index < -0.39 is 21.9 Å². The van der Waals surface area contributed by atoms with Crippen molar-refractivity contribution in [2.75, 3.05) is 30.0 Å². The highest BCUT2D eigenvalue weighted by atomic mass is 35.5. The van der Waals surface area contributed by atoms with Crippen LogP contribution in [0.1, 0.15) is 18.4 Å². The fourth-order valence-electron chi connectivity index (χ4n) is 4.07. The topological polar surface area (TPSA) is 119 Å². The molecule has 0 unspecified atom stereocenters. The normalized spacial score (nSPS) is 21.9. The largest absolute Gasteiger partial charge is 0.468 e. The van der Waals surface area contributed by atoms with Gasteiger partial charge >= 0.3 is 0 Å². The summed E-state index contributed by atoms with van der Waals surface area (Å²) >= 11 is 6.09. The minimum absolute atomic E-state index is 0.212. The second kappa shape index (κ2) is 9.02. The fourth-order valence-corrected chi connectivity index (χ4v) is 6.40. The molecule has 3 aromatic rings. The second-order valence-corrected chi connectivity index (χ2v) is 11.2. The average molecular weight is 490 g/mol. The highest BCUT2D eigenvalue weighted by molar-refractivity contribution is 7.93. The first-order valence-electron chi connectivity index (χ1n) is 10.7. The summed E-state index contributed by atoms with van der Waals surface area (Å²) in [6.07, 6.45) is 2.08. The number of hydrogen-bond acceptors (Lipinski definition) is 9. The van der Waals surface area contributed by atoms with Crippen LogP contribution in [0, 0.1) is 6.92 Å². The molecule has 2 N–H and O–H groups in total. The molecule has 11 heteroatoms. The molecular weight excluding hydrogens is 466 g/mol. The Morgan fingerprint density at radius 1 is 1.24 bits per heavy atom. The van der Waals surface area contributed by atoms with Crippen molar-refractivity contribution in [1.29, 1.82) is 0 Å². The van der Waals surface area contributed by atoms with E-state index in [2.05, 4.69) is 24.6 Å². The van der Waals surface area contributed by atoms with Crippen molar-refractivity contribution < 1.29 is 18.8 Å². The fraction of sp³-hybridized carbons (Fsp3) is 0.409. The van der Waals surface area contributed by atoms with Gasteiger partial charge in [-0.1, -0.05) is 11.6 Å². The molecule has 0 saturated carbocycles. The molecular formula is C22H24ClN5O4S. The number of aromatic nitrogens is 3. The van der Waals surface area contributed by atoms with E-state index in [1.165, 1.54) is 6.33 Å². The zero-order valence-electron chi connectivity index (χ0n) is 18.0. The number of hydrogen-bond donors (Lipinski definition) is 2. The number of benzene rings is 1. The van der Waals surface area contributed by atoms with Crippen LogP contribution in [-0.2, 0) is 14.5 Å². The van der Waals surface area contributed by atoms with Crippen LogP contribution in [0.3, 0.4) is 0 Å². The van der Waals surface area contributed by atoms with Gasteiger partial charge in [0.25, 0.3) is 0 Å². The molecule has 2 atom stereocenters. The van der Waals surface area contributed by atoms with Crippen molar-refractivity contribution in [3.63, 3.8) is 0 Å². The summed E-state index contributed by atoms with van der Waals surface area (Å²) in [5.74, 6) is 2.10. The summed E-state index contributed by atoms with van der Waals surface area (Å²) in [7, 11) is -2.18. The van der Waals surface area contributed by atoms with Gasteiger partial charge in [0.2, 0.25) is 5.88 Å². The first-order chi connectivity index (χ1) is 15.9. The lowest BCUT2D eigenvalue weighted by atomic mass is 10.1. The molecule has 2 aliphatic heterocycles. The summed E-state index contributed by atoms with van der Waals surface area (Å²) in [6.45, 7) is 2.42. The zero-order valence-corrected chi connectivity index (χ0v) is 19.6. The van der Waals surface area contributed by atoms with Gasteiger partial charge in [-0.2, -0.15) is 9.35 Å². The Kier molecular flexibility index (Phi) is 6.09. The Morgan fingerprint density at radius 3 is 2.82 bits per heavy atom. The Bertz CT molecular complexity index is 1320. The van der Waals surface area contributed by atoms with Crippen molar-refractivity contribution in [3.05, 3.63) is 41.3 Å². The Morgan fingerprint density at radius 2 is 2.06 bits per heavy atom. The van der Waals surface area contributed by atoms with Gasteiger partial charge < -0.3 is 19.9 Å². The maximum absolute atomic E-state index is 12.9. The molecule has 0 spiro atoms. The third-order valence-corrected chi connectivity index (χ3v) is 8.32. The van der Waals surface area contributed by atoms with Crippen LogP contribution in [0.2, 0.25) is 5.15 Å². The monoisotopic (exact) mass is 489 g/mol. The van der Waals surface area contributed by atoms with Crippen molar-refractivity contribution >= 4 is 49.4 Å². The number of nitrogens with zero attached hydrogens (tertiary/aromatic N) is 4. The van der Waals surface area contributed by atoms with Gasteiger partial charge in [0.15, 0.2) is 6.10 Å². The minimum atomic E-state index is -2.18. The Hall–Kier alpha value is -2.53. The van der Waals surface area contributed by atoms with E-state index in [0.29, 0.717) is 34.2 Å². The molecule has 2 fully saturated rings. The molecule has 0 aliphatic carbocycles. The second-order valence-electron chi connectivity index (χ2n) is 8.23. The summed E-state index contributed by atoms with van der Waals surface area (Å²) in [6, 6.07) is 7.13. The van der Waals surface area contributed by atoms with E-state index in [1.807, 2.05) is 19.1 Å². The van der Waals surface area contributed by atoms with Gasteiger partial charge in [0, 0.05) is 16.9 Å². The molecule has 4 heterocycles. The van der Waals surface area contributed by atoms with Crippen molar-refractivity contribution in [2.24, 2.45) is 4.36 Å². The summed E-state index contributed by atoms with van der Waals surface area (Å²) in [5.41, 5.74) is 2.81. The lowest BCUT2D eigenvalue weighted by molar-refractivity contribution is 0.0709. The number of aryl methyl sites for hydroxylation is 1. The number of halogens is 1. The number of ether oxygens (including phenoxy) is 2. The zero-order chi connectivity index (χ0) is 23.0. The van der Waals surface area contributed by atoms with E-state index in [-0.39, 0.29) is 24.2 Å². The van der Waals surface area contributed by atoms with Crippen LogP contribution >= 0.6 is 11.6 Å². The van der Waals surface area contributed by atoms with Gasteiger partial charge in [-0.15, -0.1) is 0 Å². The van der Waals surface area contributed by atoms with Crippen LogP contribution in [0.15, 0.2) is 35.0 Å². The van der Waals surface area contributed by atoms with E-state index >= 15 is 0 Å². The lowest BCUT2D eigenvalue weighted by Crippen LogP contribution is -2.30. The smallest absolute Gasteiger partial charge is 0.239 e. The number of fused-ring (bicyclic) bond motifs is 1. The molecule has 0 amide bonds. The first-order valence-corrected chi connectivity index (χ1v) is 13.0. The van der Waals surface area contributed by atoms with Gasteiger partial charge in [-0.05, 0) is 49.6 Å². The molecule has 9 nitrogen and oxygen atoms in total. The van der Waals surface area contributed by atoms with E-state index in [4.69, 9.17) is 21.1 Å². The van der Waals surface area contributed by atoms with E-state index in [0.717, 1.165) is 23.8 Å². The lowest BCUT2D eigenvalue weighted by Gasteiger charge is -2.18. The molecule has 33 heavy (non-hydrogen) atoms. The maximum Gasteiger partial charge on any atom is 0.239 e. The quantitative estimate of drug-likeness (QED) is 0.520. The molecule has 2 saturated heterocycles. The molecule has 0 bridgehead atoms. The molecule has 0 radical (unpaired) electrons. The highest BCUT2D eigenvalue weighted by Gasteiger charge is 2.29. The number of aliphatic hydroxyl groups is 1. The summed E-state index contributed by atoms with van der Waals surface area (Å²) in [4.78, 5) is 13.1. The molecule has 2 aliphatic rings. The SMILES string of the molecule is Cc1cc(N=S2(=O)CCCC2)cc2ncnc(Nc3ccc(Cl)nc3O[C@H]3COC[C@@H]3O)c12. The van der Waals surface area contributed by atoms with Crippen molar-refractivity contribution in [3.8, 4) is 5.88 Å². The van der Waals surface area contributed by atoms with Gasteiger partial charge in [0.1, 0.15) is 29.1 Å². The summed E-state index contributed by atoms with van der Waals surface area (Å²) < 4.78 is 28.6.